The van der Waals surface area contributed by atoms with Gasteiger partial charge in [-0.15, -0.1) is 0 Å². The lowest BCUT2D eigenvalue weighted by molar-refractivity contribution is -0.139. The number of hydrogen-bond acceptors (Lipinski definition) is 4. The number of hydrogen-bond donors (Lipinski definition) is 2. The summed E-state index contributed by atoms with van der Waals surface area (Å²) in [7, 11) is -2.69. The van der Waals surface area contributed by atoms with Crippen LogP contribution in [0.2, 0.25) is 0 Å². The number of carbonyl (C=O) groups is 1. The molecule has 3 unspecified atom stereocenters. The quantitative estimate of drug-likeness (QED) is 0.397. The van der Waals surface area contributed by atoms with E-state index in [9.17, 15) is 4.79 Å². The molecule has 22 heavy (non-hydrogen) atoms. The van der Waals surface area contributed by atoms with Crippen molar-refractivity contribution in [3.05, 3.63) is 36.6 Å². The van der Waals surface area contributed by atoms with Gasteiger partial charge in [0.1, 0.15) is 6.17 Å². The van der Waals surface area contributed by atoms with Crippen LogP contribution >= 0.6 is 0 Å². The number of amides is 1. The summed E-state index contributed by atoms with van der Waals surface area (Å²) in [5.74, 6) is 0.430. The molecule has 2 N–H and O–H groups in total. The van der Waals surface area contributed by atoms with Gasteiger partial charge < -0.3 is 9.80 Å². The van der Waals surface area contributed by atoms with E-state index >= 15 is 0 Å². The Bertz CT molecular complexity index is 617. The summed E-state index contributed by atoms with van der Waals surface area (Å²) in [5, 5.41) is 0. The van der Waals surface area contributed by atoms with E-state index in [1.807, 2.05) is 18.9 Å². The Hall–Kier alpha value is -1.64. The zero-order valence-corrected chi connectivity index (χ0v) is 13.8. The Balaban J connectivity index is 0.000000422. The third-order valence-corrected chi connectivity index (χ3v) is 4.19. The number of piperidine rings is 1. The molecule has 2 aliphatic rings. The van der Waals surface area contributed by atoms with E-state index in [4.69, 9.17) is 17.5 Å². The van der Waals surface area contributed by atoms with E-state index in [2.05, 4.69) is 31.6 Å². The van der Waals surface area contributed by atoms with E-state index < -0.39 is 10.4 Å². The second kappa shape index (κ2) is 6.23. The summed E-state index contributed by atoms with van der Waals surface area (Å²) in [6.07, 6.45) is 1.01. The lowest BCUT2D eigenvalue weighted by Gasteiger charge is -2.52. The van der Waals surface area contributed by atoms with Crippen LogP contribution in [-0.2, 0) is 15.2 Å². The predicted molar refractivity (Wildman–Crippen MR) is 83.2 cm³/mol. The van der Waals surface area contributed by atoms with E-state index in [1.165, 1.54) is 0 Å². The van der Waals surface area contributed by atoms with Gasteiger partial charge in [0.15, 0.2) is 0 Å². The van der Waals surface area contributed by atoms with Crippen LogP contribution in [0.4, 0.5) is 0 Å². The predicted octanol–water partition coefficient (Wildman–Crippen LogP) is 1.49. The molecule has 2 fully saturated rings. The van der Waals surface area contributed by atoms with Crippen molar-refractivity contribution in [1.29, 1.82) is 0 Å². The van der Waals surface area contributed by atoms with E-state index in [1.54, 1.807) is 0 Å². The zero-order chi connectivity index (χ0) is 17.4. The minimum atomic E-state index is -4.67. The van der Waals surface area contributed by atoms with Crippen molar-refractivity contribution >= 4 is 16.3 Å². The highest BCUT2D eigenvalue weighted by Gasteiger charge is 2.44. The molecular formula is C14H22N2O5S. The molecule has 8 heteroatoms. The highest BCUT2D eigenvalue weighted by Crippen LogP contribution is 2.38. The number of rotatable bonds is 0. The van der Waals surface area contributed by atoms with Crippen molar-refractivity contribution in [3.63, 3.8) is 0 Å². The molecule has 2 heterocycles. The maximum absolute atomic E-state index is 12.3. The molecule has 1 amide bonds. The van der Waals surface area contributed by atoms with Crippen LogP contribution in [0.25, 0.3) is 0 Å². The van der Waals surface area contributed by atoms with E-state index in [0.29, 0.717) is 11.5 Å². The van der Waals surface area contributed by atoms with Crippen LogP contribution in [-0.4, -0.2) is 52.5 Å². The average molecular weight is 330 g/mol. The van der Waals surface area contributed by atoms with Crippen LogP contribution in [0.5, 0.6) is 0 Å². The molecule has 0 aromatic rings. The van der Waals surface area contributed by atoms with E-state index in [0.717, 1.165) is 17.7 Å². The number of carbonyl (C=O) groups excluding carboxylic acids is 1. The van der Waals surface area contributed by atoms with Gasteiger partial charge in [0.05, 0.1) is 11.6 Å². The average Bonchev–Trinajstić information content (AvgIpc) is 2.38. The van der Waals surface area contributed by atoms with Crippen LogP contribution in [0, 0.1) is 5.92 Å². The van der Waals surface area contributed by atoms with Crippen LogP contribution in [0.3, 0.4) is 0 Å². The third-order valence-electron chi connectivity index (χ3n) is 4.19. The highest BCUT2D eigenvalue weighted by atomic mass is 32.3. The maximum atomic E-state index is 12.3. The maximum Gasteiger partial charge on any atom is 0.394 e. The molecule has 0 saturated carbocycles. The van der Waals surface area contributed by atoms with Gasteiger partial charge in [0.2, 0.25) is 0 Å². The normalized spacial score (nSPS) is 29.0. The summed E-state index contributed by atoms with van der Waals surface area (Å²) in [6, 6.07) is 0.0727. The molecule has 0 spiro atoms. The van der Waals surface area contributed by atoms with Gasteiger partial charge in [-0.2, -0.15) is 8.42 Å². The van der Waals surface area contributed by atoms with E-state index in [-0.39, 0.29) is 18.1 Å². The van der Waals surface area contributed by atoms with Crippen molar-refractivity contribution < 1.29 is 22.3 Å². The minimum absolute atomic E-state index is 0.00125. The van der Waals surface area contributed by atoms with Gasteiger partial charge >= 0.3 is 10.4 Å². The van der Waals surface area contributed by atoms with Gasteiger partial charge in [-0.3, -0.25) is 13.9 Å². The first-order valence-corrected chi connectivity index (χ1v) is 8.08. The Morgan fingerprint density at radius 1 is 1.18 bits per heavy atom. The second-order valence-corrected chi connectivity index (χ2v) is 6.46. The molecule has 2 saturated heterocycles. The molecule has 0 aromatic carbocycles. The van der Waals surface area contributed by atoms with Gasteiger partial charge in [-0.1, -0.05) is 32.2 Å². The van der Waals surface area contributed by atoms with Crippen LogP contribution < -0.4 is 0 Å². The Morgan fingerprint density at radius 2 is 1.64 bits per heavy atom. The van der Waals surface area contributed by atoms with Crippen molar-refractivity contribution in [2.75, 3.05) is 7.05 Å². The molecule has 2 aliphatic heterocycles. The largest absolute Gasteiger partial charge is 0.394 e. The molecule has 2 rings (SSSR count). The lowest BCUT2D eigenvalue weighted by atomic mass is 9.84. The summed E-state index contributed by atoms with van der Waals surface area (Å²) >= 11 is 0. The molecule has 0 aromatic heterocycles. The Morgan fingerprint density at radius 3 is 2.09 bits per heavy atom. The molecule has 3 atom stereocenters. The number of likely N-dealkylation sites (N-methyl/N-ethyl adjacent to an activating group) is 1. The first-order valence-electron chi connectivity index (χ1n) is 6.68. The first kappa shape index (κ1) is 18.4. The fourth-order valence-electron chi connectivity index (χ4n) is 2.76. The fourth-order valence-corrected chi connectivity index (χ4v) is 2.76. The van der Waals surface area contributed by atoms with Crippen LogP contribution in [0.15, 0.2) is 36.6 Å². The van der Waals surface area contributed by atoms with Crippen molar-refractivity contribution in [3.8, 4) is 0 Å². The van der Waals surface area contributed by atoms with Crippen molar-refractivity contribution in [2.45, 2.75) is 32.5 Å². The summed E-state index contributed by atoms with van der Waals surface area (Å²) in [5.41, 5.74) is 2.37. The van der Waals surface area contributed by atoms with Crippen LogP contribution in [0.1, 0.15) is 20.3 Å². The molecule has 0 bridgehead atoms. The molecule has 124 valence electrons. The molecule has 7 nitrogen and oxygen atoms in total. The molecule has 0 aliphatic carbocycles. The Kier molecular flexibility index (Phi) is 5.21. The molecule has 0 radical (unpaired) electrons. The third kappa shape index (κ3) is 3.76. The smallest absolute Gasteiger partial charge is 0.354 e. The minimum Gasteiger partial charge on any atom is -0.354 e. The topological polar surface area (TPSA) is 98.2 Å². The zero-order valence-electron chi connectivity index (χ0n) is 13.0. The number of nitrogens with zero attached hydrogens (tertiary/aromatic N) is 2. The fraction of sp³-hybridized carbons (Fsp3) is 0.500. The standard InChI is InChI=1S/C14H20N2O.H2O4S/c1-8-7-13-15(6)11(4)10(3)14(17)16(13)12(5)9(8)2;1-5(2,3)4/h8,12-13H,2-4,7H2,1,5-6H3;(H2,1,2,3,4). The summed E-state index contributed by atoms with van der Waals surface area (Å²) < 4.78 is 31.6. The van der Waals surface area contributed by atoms with Gasteiger partial charge in [-0.05, 0) is 19.3 Å². The monoisotopic (exact) mass is 330 g/mol. The summed E-state index contributed by atoms with van der Waals surface area (Å²) in [4.78, 5) is 16.2. The lowest BCUT2D eigenvalue weighted by Crippen LogP contribution is -2.61. The number of fused-ring (bicyclic) bond motifs is 1. The van der Waals surface area contributed by atoms with Crippen molar-refractivity contribution in [2.24, 2.45) is 5.92 Å². The van der Waals surface area contributed by atoms with Gasteiger partial charge in [0.25, 0.3) is 5.91 Å². The highest BCUT2D eigenvalue weighted by molar-refractivity contribution is 7.79. The Labute approximate surface area is 131 Å². The second-order valence-electron chi connectivity index (χ2n) is 5.56. The van der Waals surface area contributed by atoms with Gasteiger partial charge in [0, 0.05) is 12.7 Å². The van der Waals surface area contributed by atoms with Crippen molar-refractivity contribution in [1.82, 2.24) is 9.80 Å². The van der Waals surface area contributed by atoms with Gasteiger partial charge in [-0.25, -0.2) is 0 Å². The SMILES string of the molecule is C=C1C(=C)N(C)C2CC(C)C(=C)C(C)N2C1=O.O=S(=O)(O)O. The first-order chi connectivity index (χ1) is 9.86. The molecular weight excluding hydrogens is 308 g/mol. The summed E-state index contributed by atoms with van der Waals surface area (Å²) in [6.45, 7) is 16.1.